The van der Waals surface area contributed by atoms with Crippen molar-refractivity contribution in [2.75, 3.05) is 13.1 Å². The van der Waals surface area contributed by atoms with E-state index in [1.54, 1.807) is 0 Å². The van der Waals surface area contributed by atoms with Crippen LogP contribution in [0.15, 0.2) is 0 Å². The van der Waals surface area contributed by atoms with Gasteiger partial charge < -0.3 is 11.5 Å². The van der Waals surface area contributed by atoms with Crippen molar-refractivity contribution in [3.63, 3.8) is 0 Å². The van der Waals surface area contributed by atoms with Crippen LogP contribution in [-0.2, 0) is 0 Å². The largest absolute Gasteiger partial charge is 0.330 e. The Morgan fingerprint density at radius 1 is 1.00 bits per heavy atom. The summed E-state index contributed by atoms with van der Waals surface area (Å²) in [4.78, 5) is 0. The summed E-state index contributed by atoms with van der Waals surface area (Å²) >= 11 is 0. The molecule has 4 unspecified atom stereocenters. The summed E-state index contributed by atoms with van der Waals surface area (Å²) in [7, 11) is 0. The Morgan fingerprint density at radius 2 is 1.83 bits per heavy atom. The topological polar surface area (TPSA) is 52.0 Å². The molecule has 0 bridgehead atoms. The molecule has 2 nitrogen and oxygen atoms in total. The third kappa shape index (κ3) is 1.27. The van der Waals surface area contributed by atoms with Gasteiger partial charge in [0.25, 0.3) is 0 Å². The Hall–Kier alpha value is -0.0800. The van der Waals surface area contributed by atoms with Crippen molar-refractivity contribution in [1.82, 2.24) is 0 Å². The minimum atomic E-state index is 0.806. The van der Waals surface area contributed by atoms with Crippen molar-refractivity contribution in [3.05, 3.63) is 0 Å². The van der Waals surface area contributed by atoms with E-state index < -0.39 is 0 Å². The molecule has 2 aliphatic rings. The van der Waals surface area contributed by atoms with E-state index in [1.165, 1.54) is 25.7 Å². The van der Waals surface area contributed by atoms with Crippen LogP contribution in [0.5, 0.6) is 0 Å². The second kappa shape index (κ2) is 3.35. The summed E-state index contributed by atoms with van der Waals surface area (Å²) in [6.45, 7) is 1.79. The molecule has 0 aromatic rings. The Bertz CT molecular complexity index is 150. The molecule has 0 amide bonds. The molecule has 0 radical (unpaired) electrons. The van der Waals surface area contributed by atoms with Crippen molar-refractivity contribution >= 4 is 0 Å². The lowest BCUT2D eigenvalue weighted by molar-refractivity contribution is 0.0128. The molecule has 12 heavy (non-hydrogen) atoms. The highest BCUT2D eigenvalue weighted by molar-refractivity contribution is 4.94. The number of fused-ring (bicyclic) bond motifs is 1. The van der Waals surface area contributed by atoms with Crippen LogP contribution < -0.4 is 11.5 Å². The van der Waals surface area contributed by atoms with Gasteiger partial charge in [0.2, 0.25) is 0 Å². The average molecular weight is 168 g/mol. The predicted molar refractivity (Wildman–Crippen MR) is 50.5 cm³/mol. The minimum absolute atomic E-state index is 0.806. The summed E-state index contributed by atoms with van der Waals surface area (Å²) < 4.78 is 0. The van der Waals surface area contributed by atoms with Gasteiger partial charge in [-0.2, -0.15) is 0 Å². The van der Waals surface area contributed by atoms with Gasteiger partial charge in [0, 0.05) is 0 Å². The van der Waals surface area contributed by atoms with Crippen LogP contribution in [0.4, 0.5) is 0 Å². The number of rotatable bonds is 2. The van der Waals surface area contributed by atoms with Crippen LogP contribution in [0.2, 0.25) is 0 Å². The highest BCUT2D eigenvalue weighted by Crippen LogP contribution is 2.50. The van der Waals surface area contributed by atoms with Gasteiger partial charge in [0.05, 0.1) is 0 Å². The van der Waals surface area contributed by atoms with Crippen molar-refractivity contribution in [2.24, 2.45) is 35.1 Å². The molecule has 70 valence electrons. The van der Waals surface area contributed by atoms with E-state index in [-0.39, 0.29) is 0 Å². The maximum atomic E-state index is 5.70. The van der Waals surface area contributed by atoms with E-state index in [2.05, 4.69) is 0 Å². The molecule has 0 spiro atoms. The Morgan fingerprint density at radius 3 is 2.50 bits per heavy atom. The van der Waals surface area contributed by atoms with Gasteiger partial charge in [-0.25, -0.2) is 0 Å². The standard InChI is InChI=1S/C10H20N2/c11-5-7-1-2-8-4-9(6-12)10(8)3-7/h7-10H,1-6,11-12H2. The number of hydrogen-bond acceptors (Lipinski definition) is 2. The van der Waals surface area contributed by atoms with Gasteiger partial charge in [-0.3, -0.25) is 0 Å². The van der Waals surface area contributed by atoms with Crippen LogP contribution in [0.3, 0.4) is 0 Å². The smallest absolute Gasteiger partial charge is 0.00460 e. The molecular weight excluding hydrogens is 148 g/mol. The molecule has 2 fully saturated rings. The lowest BCUT2D eigenvalue weighted by Crippen LogP contribution is -2.45. The zero-order valence-corrected chi connectivity index (χ0v) is 7.71. The Balaban J connectivity index is 1.88. The lowest BCUT2D eigenvalue weighted by Gasteiger charge is -2.49. The summed E-state index contributed by atoms with van der Waals surface area (Å²) in [5.41, 5.74) is 11.4. The monoisotopic (exact) mass is 168 g/mol. The summed E-state index contributed by atoms with van der Waals surface area (Å²) in [5.74, 6) is 3.60. The predicted octanol–water partition coefficient (Wildman–Crippen LogP) is 0.956. The fourth-order valence-electron chi connectivity index (χ4n) is 3.08. The summed E-state index contributed by atoms with van der Waals surface area (Å²) in [6.07, 6.45) is 5.56. The SMILES string of the molecule is NCC1CCC2CC(CN)C2C1. The van der Waals surface area contributed by atoms with E-state index in [0.717, 1.165) is 36.8 Å². The second-order valence-corrected chi connectivity index (χ2v) is 4.57. The number of nitrogens with two attached hydrogens (primary N) is 2. The van der Waals surface area contributed by atoms with Gasteiger partial charge in [-0.15, -0.1) is 0 Å². The van der Waals surface area contributed by atoms with Crippen LogP contribution >= 0.6 is 0 Å². The van der Waals surface area contributed by atoms with E-state index in [1.807, 2.05) is 0 Å². The molecule has 2 heteroatoms. The molecule has 0 aromatic carbocycles. The van der Waals surface area contributed by atoms with Crippen molar-refractivity contribution in [1.29, 1.82) is 0 Å². The fourth-order valence-corrected chi connectivity index (χ4v) is 3.08. The second-order valence-electron chi connectivity index (χ2n) is 4.57. The molecule has 0 saturated heterocycles. The van der Waals surface area contributed by atoms with Crippen molar-refractivity contribution in [2.45, 2.75) is 25.7 Å². The van der Waals surface area contributed by atoms with Crippen LogP contribution in [0.25, 0.3) is 0 Å². The molecular formula is C10H20N2. The maximum absolute atomic E-state index is 5.70. The van der Waals surface area contributed by atoms with Crippen LogP contribution in [0.1, 0.15) is 25.7 Å². The van der Waals surface area contributed by atoms with Crippen LogP contribution in [-0.4, -0.2) is 13.1 Å². The zero-order chi connectivity index (χ0) is 8.55. The zero-order valence-electron chi connectivity index (χ0n) is 7.71. The highest BCUT2D eigenvalue weighted by atomic mass is 14.6. The third-order valence-electron chi connectivity index (χ3n) is 4.00. The molecule has 2 saturated carbocycles. The average Bonchev–Trinajstić information content (AvgIpc) is 2.08. The van der Waals surface area contributed by atoms with Crippen LogP contribution in [0, 0.1) is 23.7 Å². The quantitative estimate of drug-likeness (QED) is 0.645. The van der Waals surface area contributed by atoms with Gasteiger partial charge >= 0.3 is 0 Å². The summed E-state index contributed by atoms with van der Waals surface area (Å²) in [6, 6.07) is 0. The van der Waals surface area contributed by atoms with E-state index in [4.69, 9.17) is 11.5 Å². The van der Waals surface area contributed by atoms with Gasteiger partial charge in [-0.05, 0) is 62.4 Å². The molecule has 2 aliphatic carbocycles. The Kier molecular flexibility index (Phi) is 2.37. The molecule has 0 aliphatic heterocycles. The molecule has 4 atom stereocenters. The van der Waals surface area contributed by atoms with E-state index in [0.29, 0.717) is 0 Å². The van der Waals surface area contributed by atoms with Gasteiger partial charge in [0.15, 0.2) is 0 Å². The fraction of sp³-hybridized carbons (Fsp3) is 1.00. The minimum Gasteiger partial charge on any atom is -0.330 e. The molecule has 0 heterocycles. The van der Waals surface area contributed by atoms with Crippen molar-refractivity contribution in [3.8, 4) is 0 Å². The first-order valence-electron chi connectivity index (χ1n) is 5.25. The summed E-state index contributed by atoms with van der Waals surface area (Å²) in [5, 5.41) is 0. The van der Waals surface area contributed by atoms with E-state index >= 15 is 0 Å². The number of hydrogen-bond donors (Lipinski definition) is 2. The first kappa shape index (κ1) is 8.52. The molecule has 2 rings (SSSR count). The van der Waals surface area contributed by atoms with E-state index in [9.17, 15) is 0 Å². The molecule has 0 aromatic heterocycles. The Labute approximate surface area is 74.7 Å². The highest BCUT2D eigenvalue weighted by Gasteiger charge is 2.43. The first-order chi connectivity index (χ1) is 5.85. The van der Waals surface area contributed by atoms with Crippen molar-refractivity contribution < 1.29 is 0 Å². The third-order valence-corrected chi connectivity index (χ3v) is 4.00. The maximum Gasteiger partial charge on any atom is -0.00460 e. The normalized spacial score (nSPS) is 46.5. The van der Waals surface area contributed by atoms with Gasteiger partial charge in [-0.1, -0.05) is 0 Å². The first-order valence-corrected chi connectivity index (χ1v) is 5.25. The molecule has 4 N–H and O–H groups in total. The lowest BCUT2D eigenvalue weighted by atomic mass is 9.56. The van der Waals surface area contributed by atoms with Gasteiger partial charge in [0.1, 0.15) is 0 Å².